The van der Waals surface area contributed by atoms with Gasteiger partial charge >= 0.3 is 6.03 Å². The fraction of sp³-hybridized carbons (Fsp3) is 0.875. The molecule has 3 amide bonds. The molecule has 0 aromatic carbocycles. The SMILES string of the molecule is [N-]=[N+]=NCCCCCCNC(=O)CCCCC1SCC2NC(=O)NC21. The molecule has 0 radical (unpaired) electrons. The minimum Gasteiger partial charge on any atom is -0.356 e. The summed E-state index contributed by atoms with van der Waals surface area (Å²) in [5.41, 5.74) is 8.16. The van der Waals surface area contributed by atoms with Gasteiger partial charge in [-0.05, 0) is 31.2 Å². The van der Waals surface area contributed by atoms with Crippen LogP contribution < -0.4 is 16.0 Å². The van der Waals surface area contributed by atoms with Crippen molar-refractivity contribution < 1.29 is 9.59 Å². The molecule has 9 heteroatoms. The third-order valence-corrected chi connectivity index (χ3v) is 6.16. The van der Waals surface area contributed by atoms with Crippen LogP contribution in [0.2, 0.25) is 0 Å². The molecule has 0 saturated carbocycles. The first-order chi connectivity index (χ1) is 12.2. The highest BCUT2D eigenvalue weighted by Crippen LogP contribution is 2.33. The molecule has 0 aliphatic carbocycles. The Morgan fingerprint density at radius 1 is 1.24 bits per heavy atom. The predicted molar refractivity (Wildman–Crippen MR) is 99.4 cm³/mol. The number of amides is 3. The van der Waals surface area contributed by atoms with Gasteiger partial charge in [0.1, 0.15) is 0 Å². The van der Waals surface area contributed by atoms with Gasteiger partial charge in [-0.3, -0.25) is 4.79 Å². The molecule has 2 aliphatic heterocycles. The lowest BCUT2D eigenvalue weighted by molar-refractivity contribution is -0.121. The van der Waals surface area contributed by atoms with E-state index in [0.29, 0.717) is 18.2 Å². The van der Waals surface area contributed by atoms with Gasteiger partial charge in [0, 0.05) is 35.4 Å². The smallest absolute Gasteiger partial charge is 0.315 e. The van der Waals surface area contributed by atoms with Crippen molar-refractivity contribution in [3.05, 3.63) is 10.4 Å². The summed E-state index contributed by atoms with van der Waals surface area (Å²) in [6, 6.07) is 0.486. The van der Waals surface area contributed by atoms with E-state index in [-0.39, 0.29) is 24.0 Å². The van der Waals surface area contributed by atoms with Crippen molar-refractivity contribution in [3.63, 3.8) is 0 Å². The average molecular weight is 369 g/mol. The summed E-state index contributed by atoms with van der Waals surface area (Å²) in [5.74, 6) is 1.11. The van der Waals surface area contributed by atoms with E-state index in [1.165, 1.54) is 0 Å². The Morgan fingerprint density at radius 2 is 2.08 bits per heavy atom. The number of carbonyl (C=O) groups excluding carboxylic acids is 2. The van der Waals surface area contributed by atoms with Crippen LogP contribution in [0.25, 0.3) is 10.4 Å². The summed E-state index contributed by atoms with van der Waals surface area (Å²) in [7, 11) is 0. The van der Waals surface area contributed by atoms with Crippen LogP contribution in [0.15, 0.2) is 5.11 Å². The number of nitrogens with zero attached hydrogens (tertiary/aromatic N) is 3. The highest BCUT2D eigenvalue weighted by atomic mass is 32.2. The van der Waals surface area contributed by atoms with E-state index >= 15 is 0 Å². The molecular weight excluding hydrogens is 340 g/mol. The van der Waals surface area contributed by atoms with Crippen molar-refractivity contribution in [2.45, 2.75) is 68.7 Å². The Kier molecular flexibility index (Phi) is 8.76. The zero-order valence-corrected chi connectivity index (χ0v) is 15.4. The van der Waals surface area contributed by atoms with Crippen molar-refractivity contribution in [1.82, 2.24) is 16.0 Å². The van der Waals surface area contributed by atoms with Crippen LogP contribution in [0.5, 0.6) is 0 Å². The van der Waals surface area contributed by atoms with Crippen molar-refractivity contribution in [2.75, 3.05) is 18.8 Å². The van der Waals surface area contributed by atoms with Crippen molar-refractivity contribution >= 4 is 23.7 Å². The molecule has 140 valence electrons. The van der Waals surface area contributed by atoms with Crippen LogP contribution in [0.4, 0.5) is 4.79 Å². The fourth-order valence-electron chi connectivity index (χ4n) is 3.30. The number of rotatable bonds is 12. The Morgan fingerprint density at radius 3 is 2.92 bits per heavy atom. The van der Waals surface area contributed by atoms with Gasteiger partial charge in [0.15, 0.2) is 0 Å². The highest BCUT2D eigenvalue weighted by Gasteiger charge is 2.42. The Balaban J connectivity index is 1.42. The van der Waals surface area contributed by atoms with Crippen LogP contribution in [-0.2, 0) is 4.79 Å². The van der Waals surface area contributed by atoms with Gasteiger partial charge in [-0.15, -0.1) is 0 Å². The second-order valence-electron chi connectivity index (χ2n) is 6.59. The lowest BCUT2D eigenvalue weighted by atomic mass is 10.0. The third-order valence-electron chi connectivity index (χ3n) is 4.65. The summed E-state index contributed by atoms with van der Waals surface area (Å²) in [6.45, 7) is 1.28. The molecule has 3 N–H and O–H groups in total. The lowest BCUT2D eigenvalue weighted by Gasteiger charge is -2.16. The van der Waals surface area contributed by atoms with E-state index in [0.717, 1.165) is 57.2 Å². The monoisotopic (exact) mass is 368 g/mol. The standard InChI is InChI=1S/C16H28N6O2S/c17-22-19-10-6-2-1-5-9-18-14(23)8-4-3-7-13-15-12(11-25-13)20-16(24)21-15/h12-13,15H,1-11H2,(H,18,23)(H2,20,21,24). The Labute approximate surface area is 152 Å². The van der Waals surface area contributed by atoms with Gasteiger partial charge in [-0.2, -0.15) is 11.8 Å². The van der Waals surface area contributed by atoms with Gasteiger partial charge in [0.2, 0.25) is 5.91 Å². The lowest BCUT2D eigenvalue weighted by Crippen LogP contribution is -2.36. The van der Waals surface area contributed by atoms with E-state index in [1.54, 1.807) is 0 Å². The van der Waals surface area contributed by atoms with Crippen LogP contribution in [-0.4, -0.2) is 48.1 Å². The molecule has 8 nitrogen and oxygen atoms in total. The highest BCUT2D eigenvalue weighted by molar-refractivity contribution is 8.00. The number of fused-ring (bicyclic) bond motifs is 1. The van der Waals surface area contributed by atoms with Crippen LogP contribution in [0.1, 0.15) is 51.4 Å². The Bertz CT molecular complexity index is 497. The number of hydrogen-bond donors (Lipinski definition) is 3. The average Bonchev–Trinajstić information content (AvgIpc) is 3.13. The van der Waals surface area contributed by atoms with E-state index in [4.69, 9.17) is 5.53 Å². The quantitative estimate of drug-likeness (QED) is 0.161. The van der Waals surface area contributed by atoms with Crippen molar-refractivity contribution in [1.29, 1.82) is 0 Å². The summed E-state index contributed by atoms with van der Waals surface area (Å²) < 4.78 is 0. The van der Waals surface area contributed by atoms with Crippen LogP contribution in [0, 0.1) is 0 Å². The summed E-state index contributed by atoms with van der Waals surface area (Å²) >= 11 is 1.92. The van der Waals surface area contributed by atoms with E-state index in [1.807, 2.05) is 11.8 Å². The number of azide groups is 1. The third kappa shape index (κ3) is 7.04. The summed E-state index contributed by atoms with van der Waals surface area (Å²) in [5, 5.41) is 12.9. The second-order valence-corrected chi connectivity index (χ2v) is 7.86. The number of carbonyl (C=O) groups is 2. The van der Waals surface area contributed by atoms with Gasteiger partial charge in [0.25, 0.3) is 0 Å². The van der Waals surface area contributed by atoms with Gasteiger partial charge in [-0.1, -0.05) is 24.4 Å². The first-order valence-electron chi connectivity index (χ1n) is 9.17. The Hall–Kier alpha value is -1.60. The number of nitrogens with one attached hydrogen (secondary N) is 3. The normalized spacial score (nSPS) is 24.2. The molecule has 0 spiro atoms. The minimum absolute atomic E-state index is 0.0440. The maximum absolute atomic E-state index is 11.8. The van der Waals surface area contributed by atoms with Gasteiger partial charge in [0.05, 0.1) is 12.1 Å². The molecule has 3 atom stereocenters. The largest absolute Gasteiger partial charge is 0.356 e. The second kappa shape index (κ2) is 11.1. The number of urea groups is 1. The molecule has 2 rings (SSSR count). The van der Waals surface area contributed by atoms with Crippen molar-refractivity contribution in [2.24, 2.45) is 5.11 Å². The van der Waals surface area contributed by atoms with E-state index in [9.17, 15) is 9.59 Å². The predicted octanol–water partition coefficient (Wildman–Crippen LogP) is 2.70. The first kappa shape index (κ1) is 19.7. The molecule has 2 saturated heterocycles. The summed E-state index contributed by atoms with van der Waals surface area (Å²) in [4.78, 5) is 25.8. The molecule has 2 fully saturated rings. The maximum atomic E-state index is 11.8. The number of unbranched alkanes of at least 4 members (excludes halogenated alkanes) is 4. The zero-order chi connectivity index (χ0) is 17.9. The van der Waals surface area contributed by atoms with Gasteiger partial charge in [-0.25, -0.2) is 4.79 Å². The number of thioether (sulfide) groups is 1. The van der Waals surface area contributed by atoms with Crippen molar-refractivity contribution in [3.8, 4) is 0 Å². The molecule has 2 heterocycles. The first-order valence-corrected chi connectivity index (χ1v) is 10.2. The molecule has 0 aromatic rings. The fourth-order valence-corrected chi connectivity index (χ4v) is 4.84. The minimum atomic E-state index is -0.0440. The molecule has 2 aliphatic rings. The topological polar surface area (TPSA) is 119 Å². The van der Waals surface area contributed by atoms with Gasteiger partial charge < -0.3 is 16.0 Å². The molecule has 0 aromatic heterocycles. The molecule has 0 bridgehead atoms. The van der Waals surface area contributed by atoms with E-state index < -0.39 is 0 Å². The number of hydrogen-bond acceptors (Lipinski definition) is 4. The van der Waals surface area contributed by atoms with Crippen LogP contribution in [0.3, 0.4) is 0 Å². The molecular formula is C16H28N6O2S. The zero-order valence-electron chi connectivity index (χ0n) is 14.6. The molecule has 25 heavy (non-hydrogen) atoms. The van der Waals surface area contributed by atoms with Crippen LogP contribution >= 0.6 is 11.8 Å². The summed E-state index contributed by atoms with van der Waals surface area (Å²) in [6.07, 6.45) is 7.49. The molecule has 3 unspecified atom stereocenters. The maximum Gasteiger partial charge on any atom is 0.315 e. The van der Waals surface area contributed by atoms with E-state index in [2.05, 4.69) is 26.0 Å².